The molecule has 0 saturated carbocycles. The first-order chi connectivity index (χ1) is 10.1. The number of rotatable bonds is 6. The van der Waals surface area contributed by atoms with Crippen molar-refractivity contribution in [1.29, 1.82) is 0 Å². The molecule has 2 N–H and O–H groups in total. The predicted octanol–water partition coefficient (Wildman–Crippen LogP) is 1.12. The Morgan fingerprint density at radius 3 is 2.71 bits per heavy atom. The van der Waals surface area contributed by atoms with Crippen molar-refractivity contribution in [3.63, 3.8) is 0 Å². The first-order valence-electron chi connectivity index (χ1n) is 6.77. The molecule has 1 aromatic heterocycles. The van der Waals surface area contributed by atoms with Crippen molar-refractivity contribution in [1.82, 2.24) is 15.4 Å². The summed E-state index contributed by atoms with van der Waals surface area (Å²) >= 11 is 0. The average Bonchev–Trinajstić information content (AvgIpc) is 2.82. The summed E-state index contributed by atoms with van der Waals surface area (Å²) in [5, 5.41) is 10.7. The SMILES string of the molecule is CCOc1cc(OCC)c(C2=CC(C(=O)O)NN2C)cn1. The third kappa shape index (κ3) is 3.25. The minimum absolute atomic E-state index is 0.480. The van der Waals surface area contributed by atoms with Crippen LogP contribution >= 0.6 is 0 Å². The lowest BCUT2D eigenvalue weighted by Gasteiger charge is -2.19. The van der Waals surface area contributed by atoms with Crippen molar-refractivity contribution in [3.8, 4) is 11.6 Å². The molecular weight excluding hydrogens is 274 g/mol. The normalized spacial score (nSPS) is 17.6. The van der Waals surface area contributed by atoms with Gasteiger partial charge in [0, 0.05) is 19.3 Å². The second-order valence-electron chi connectivity index (χ2n) is 4.44. The lowest BCUT2D eigenvalue weighted by molar-refractivity contribution is -0.138. The summed E-state index contributed by atoms with van der Waals surface area (Å²) in [7, 11) is 1.75. The number of hydrogen-bond donors (Lipinski definition) is 2. The molecule has 1 aliphatic heterocycles. The van der Waals surface area contributed by atoms with E-state index in [4.69, 9.17) is 14.6 Å². The maximum absolute atomic E-state index is 11.1. The quantitative estimate of drug-likeness (QED) is 0.813. The molecule has 1 aromatic rings. The Kier molecular flexibility index (Phi) is 4.64. The molecule has 7 nitrogen and oxygen atoms in total. The number of hydrogen-bond acceptors (Lipinski definition) is 6. The fraction of sp³-hybridized carbons (Fsp3) is 0.429. The first kappa shape index (κ1) is 15.1. The molecule has 1 aliphatic rings. The summed E-state index contributed by atoms with van der Waals surface area (Å²) < 4.78 is 11.0. The number of nitrogens with one attached hydrogen (secondary N) is 1. The maximum atomic E-state index is 11.1. The highest BCUT2D eigenvalue weighted by atomic mass is 16.5. The van der Waals surface area contributed by atoms with E-state index < -0.39 is 12.0 Å². The molecule has 0 spiro atoms. The third-order valence-corrected chi connectivity index (χ3v) is 2.99. The van der Waals surface area contributed by atoms with E-state index in [-0.39, 0.29) is 0 Å². The topological polar surface area (TPSA) is 83.9 Å². The average molecular weight is 293 g/mol. The van der Waals surface area contributed by atoms with E-state index in [1.54, 1.807) is 30.4 Å². The Morgan fingerprint density at radius 2 is 2.14 bits per heavy atom. The van der Waals surface area contributed by atoms with E-state index in [0.717, 1.165) is 5.56 Å². The van der Waals surface area contributed by atoms with Crippen LogP contribution in [0.2, 0.25) is 0 Å². The molecule has 0 aliphatic carbocycles. The van der Waals surface area contributed by atoms with Crippen molar-refractivity contribution in [3.05, 3.63) is 23.9 Å². The van der Waals surface area contributed by atoms with Gasteiger partial charge in [-0.2, -0.15) is 0 Å². The van der Waals surface area contributed by atoms with Crippen molar-refractivity contribution in [2.24, 2.45) is 0 Å². The van der Waals surface area contributed by atoms with Crippen LogP contribution in [0.1, 0.15) is 19.4 Å². The van der Waals surface area contributed by atoms with Gasteiger partial charge in [0.25, 0.3) is 0 Å². The number of carboxylic acid groups (broad SMARTS) is 1. The summed E-state index contributed by atoms with van der Waals surface area (Å²) in [6.45, 7) is 4.78. The minimum Gasteiger partial charge on any atom is -0.493 e. The predicted molar refractivity (Wildman–Crippen MR) is 76.9 cm³/mol. The highest BCUT2D eigenvalue weighted by molar-refractivity contribution is 5.82. The number of aromatic nitrogens is 1. The molecular formula is C14H19N3O4. The molecule has 0 radical (unpaired) electrons. The molecule has 2 heterocycles. The van der Waals surface area contributed by atoms with Crippen LogP contribution in [0.4, 0.5) is 0 Å². The molecule has 0 bridgehead atoms. The maximum Gasteiger partial charge on any atom is 0.326 e. The van der Waals surface area contributed by atoms with Gasteiger partial charge in [0.05, 0.1) is 24.5 Å². The Labute approximate surface area is 123 Å². The molecule has 21 heavy (non-hydrogen) atoms. The van der Waals surface area contributed by atoms with Gasteiger partial charge in [0.15, 0.2) is 0 Å². The van der Waals surface area contributed by atoms with E-state index in [9.17, 15) is 4.79 Å². The fourth-order valence-corrected chi connectivity index (χ4v) is 2.10. The summed E-state index contributed by atoms with van der Waals surface area (Å²) in [4.78, 5) is 15.3. The molecule has 7 heteroatoms. The number of aliphatic carboxylic acids is 1. The smallest absolute Gasteiger partial charge is 0.326 e. The van der Waals surface area contributed by atoms with Gasteiger partial charge in [0.2, 0.25) is 5.88 Å². The Hall–Kier alpha value is -2.28. The molecule has 2 rings (SSSR count). The van der Waals surface area contributed by atoms with Crippen LogP contribution in [0.5, 0.6) is 11.6 Å². The van der Waals surface area contributed by atoms with Gasteiger partial charge in [-0.25, -0.2) is 10.4 Å². The molecule has 0 saturated heterocycles. The Balaban J connectivity index is 2.38. The lowest BCUT2D eigenvalue weighted by Crippen LogP contribution is -2.38. The van der Waals surface area contributed by atoms with Gasteiger partial charge in [-0.15, -0.1) is 0 Å². The first-order valence-corrected chi connectivity index (χ1v) is 6.77. The van der Waals surface area contributed by atoms with Gasteiger partial charge in [0.1, 0.15) is 11.8 Å². The summed E-state index contributed by atoms with van der Waals surface area (Å²) in [5.74, 6) is 0.157. The van der Waals surface area contributed by atoms with Crippen LogP contribution in [0.3, 0.4) is 0 Å². The Bertz CT molecular complexity index is 559. The standard InChI is InChI=1S/C14H19N3O4/c1-4-20-12-7-13(21-5-2)15-8-9(12)11-6-10(14(18)19)16-17(11)3/h6-8,10,16H,4-5H2,1-3H3,(H,18,19). The number of carbonyl (C=O) groups is 1. The van der Waals surface area contributed by atoms with Crippen molar-refractivity contribution in [2.75, 3.05) is 20.3 Å². The van der Waals surface area contributed by atoms with E-state index in [0.29, 0.717) is 30.5 Å². The van der Waals surface area contributed by atoms with E-state index in [2.05, 4.69) is 10.4 Å². The zero-order valence-corrected chi connectivity index (χ0v) is 12.3. The zero-order chi connectivity index (χ0) is 15.4. The Morgan fingerprint density at radius 1 is 1.43 bits per heavy atom. The third-order valence-electron chi connectivity index (χ3n) is 2.99. The lowest BCUT2D eigenvalue weighted by atomic mass is 10.1. The van der Waals surface area contributed by atoms with Gasteiger partial charge >= 0.3 is 5.97 Å². The van der Waals surface area contributed by atoms with E-state index in [1.807, 2.05) is 13.8 Å². The van der Waals surface area contributed by atoms with E-state index in [1.165, 1.54) is 0 Å². The van der Waals surface area contributed by atoms with Crippen molar-refractivity contribution in [2.45, 2.75) is 19.9 Å². The highest BCUT2D eigenvalue weighted by Gasteiger charge is 2.28. The van der Waals surface area contributed by atoms with Gasteiger partial charge in [-0.3, -0.25) is 4.79 Å². The fourth-order valence-electron chi connectivity index (χ4n) is 2.10. The van der Waals surface area contributed by atoms with Crippen LogP contribution in [0.25, 0.3) is 5.70 Å². The summed E-state index contributed by atoms with van der Waals surface area (Å²) in [6.07, 6.45) is 3.26. The van der Waals surface area contributed by atoms with Crippen LogP contribution in [0.15, 0.2) is 18.3 Å². The number of carboxylic acids is 1. The monoisotopic (exact) mass is 293 g/mol. The van der Waals surface area contributed by atoms with Gasteiger partial charge in [-0.05, 0) is 19.9 Å². The minimum atomic E-state index is -0.936. The molecule has 114 valence electrons. The van der Waals surface area contributed by atoms with Crippen LogP contribution in [-0.2, 0) is 4.79 Å². The van der Waals surface area contributed by atoms with E-state index >= 15 is 0 Å². The van der Waals surface area contributed by atoms with Gasteiger partial charge < -0.3 is 19.6 Å². The second kappa shape index (κ2) is 6.45. The summed E-state index contributed by atoms with van der Waals surface area (Å²) in [6, 6.07) is 0.955. The zero-order valence-electron chi connectivity index (χ0n) is 12.3. The highest BCUT2D eigenvalue weighted by Crippen LogP contribution is 2.32. The molecule has 0 fully saturated rings. The van der Waals surface area contributed by atoms with Crippen molar-refractivity contribution < 1.29 is 19.4 Å². The van der Waals surface area contributed by atoms with Crippen molar-refractivity contribution >= 4 is 11.7 Å². The molecule has 0 amide bonds. The number of hydrazine groups is 1. The largest absolute Gasteiger partial charge is 0.493 e. The van der Waals surface area contributed by atoms with Crippen LogP contribution in [0, 0.1) is 0 Å². The number of nitrogens with zero attached hydrogens (tertiary/aromatic N) is 2. The molecule has 0 aromatic carbocycles. The number of ether oxygens (including phenoxy) is 2. The number of pyridine rings is 1. The van der Waals surface area contributed by atoms with Crippen LogP contribution < -0.4 is 14.9 Å². The molecule has 1 atom stereocenters. The van der Waals surface area contributed by atoms with Gasteiger partial charge in [-0.1, -0.05) is 0 Å². The summed E-state index contributed by atoms with van der Waals surface area (Å²) in [5.41, 5.74) is 4.27. The van der Waals surface area contributed by atoms with Crippen LogP contribution in [-0.4, -0.2) is 47.4 Å². The molecule has 1 unspecified atom stereocenters. The second-order valence-corrected chi connectivity index (χ2v) is 4.44.